The maximum Gasteiger partial charge on any atom is 0.151 e. The summed E-state index contributed by atoms with van der Waals surface area (Å²) in [6, 6.07) is 4.50. The first-order valence-corrected chi connectivity index (χ1v) is 8.16. The smallest absolute Gasteiger partial charge is 0.151 e. The van der Waals surface area contributed by atoms with E-state index in [0.717, 1.165) is 0 Å². The first-order chi connectivity index (χ1) is 8.39. The van der Waals surface area contributed by atoms with Crippen molar-refractivity contribution in [3.05, 3.63) is 34.1 Å². The van der Waals surface area contributed by atoms with Gasteiger partial charge < -0.3 is 0 Å². The summed E-state index contributed by atoms with van der Waals surface area (Å²) in [7, 11) is -3.06. The molecule has 1 fully saturated rings. The Balaban J connectivity index is 2.11. The molecule has 2 rings (SSSR count). The summed E-state index contributed by atoms with van der Waals surface area (Å²) in [6.07, 6.45) is 0.451. The Hall–Kier alpha value is -0.750. The van der Waals surface area contributed by atoms with Gasteiger partial charge in [0.15, 0.2) is 9.84 Å². The third-order valence-electron chi connectivity index (χ3n) is 3.08. The molecule has 98 valence electrons. The second kappa shape index (κ2) is 5.09. The van der Waals surface area contributed by atoms with Crippen molar-refractivity contribution in [1.29, 1.82) is 0 Å². The van der Waals surface area contributed by atoms with Gasteiger partial charge in [0.1, 0.15) is 11.6 Å². The molecular formula is C12H12BrFO3S. The summed E-state index contributed by atoms with van der Waals surface area (Å²) in [5.74, 6) is -0.987. The third-order valence-corrected chi connectivity index (χ3v) is 5.74. The number of carbonyl (C=O) groups excluding carboxylic acids is 1. The van der Waals surface area contributed by atoms with Crippen LogP contribution in [0.2, 0.25) is 0 Å². The van der Waals surface area contributed by atoms with Gasteiger partial charge in [0.2, 0.25) is 0 Å². The molecule has 1 heterocycles. The fourth-order valence-corrected chi connectivity index (χ4v) is 4.25. The van der Waals surface area contributed by atoms with E-state index in [0.29, 0.717) is 12.0 Å². The lowest BCUT2D eigenvalue weighted by atomic mass is 9.97. The van der Waals surface area contributed by atoms with Crippen LogP contribution in [0.3, 0.4) is 0 Å². The Morgan fingerprint density at radius 1 is 1.44 bits per heavy atom. The molecule has 0 bridgehead atoms. The van der Waals surface area contributed by atoms with Crippen LogP contribution in [0.1, 0.15) is 12.0 Å². The van der Waals surface area contributed by atoms with E-state index < -0.39 is 21.6 Å². The SMILES string of the molecule is O=C(Cc1cccc(F)c1Br)C1CCS(=O)(=O)C1. The van der Waals surface area contributed by atoms with Crippen molar-refractivity contribution >= 4 is 31.6 Å². The lowest BCUT2D eigenvalue weighted by molar-refractivity contribution is -0.121. The van der Waals surface area contributed by atoms with Crippen molar-refractivity contribution in [2.75, 3.05) is 11.5 Å². The van der Waals surface area contributed by atoms with Crippen LogP contribution in [0.5, 0.6) is 0 Å². The van der Waals surface area contributed by atoms with Crippen molar-refractivity contribution in [3.8, 4) is 0 Å². The molecule has 3 nitrogen and oxygen atoms in total. The highest BCUT2D eigenvalue weighted by atomic mass is 79.9. The quantitative estimate of drug-likeness (QED) is 0.850. The molecule has 6 heteroatoms. The van der Waals surface area contributed by atoms with Crippen LogP contribution < -0.4 is 0 Å². The molecule has 1 atom stereocenters. The minimum atomic E-state index is -3.06. The molecule has 18 heavy (non-hydrogen) atoms. The Morgan fingerprint density at radius 2 is 2.17 bits per heavy atom. The van der Waals surface area contributed by atoms with E-state index >= 15 is 0 Å². The molecule has 1 aliphatic rings. The highest BCUT2D eigenvalue weighted by Gasteiger charge is 2.32. The fourth-order valence-electron chi connectivity index (χ4n) is 2.07. The third kappa shape index (κ3) is 2.98. The number of hydrogen-bond acceptors (Lipinski definition) is 3. The van der Waals surface area contributed by atoms with Crippen molar-refractivity contribution in [2.45, 2.75) is 12.8 Å². The average Bonchev–Trinajstić information content (AvgIpc) is 2.65. The van der Waals surface area contributed by atoms with Crippen LogP contribution in [-0.4, -0.2) is 25.7 Å². The molecule has 0 aromatic heterocycles. The molecule has 0 N–H and O–H groups in total. The molecule has 1 aliphatic heterocycles. The molecule has 0 spiro atoms. The van der Waals surface area contributed by atoms with E-state index in [9.17, 15) is 17.6 Å². The fraction of sp³-hybridized carbons (Fsp3) is 0.417. The van der Waals surface area contributed by atoms with E-state index in [1.165, 1.54) is 12.1 Å². The van der Waals surface area contributed by atoms with Crippen molar-refractivity contribution in [3.63, 3.8) is 0 Å². The predicted octanol–water partition coefficient (Wildman–Crippen LogP) is 2.13. The number of Topliss-reactive ketones (excluding diaryl/α,β-unsaturated/α-hetero) is 1. The molecule has 0 amide bonds. The Morgan fingerprint density at radius 3 is 2.78 bits per heavy atom. The molecule has 1 aromatic rings. The number of benzene rings is 1. The lowest BCUT2D eigenvalue weighted by Gasteiger charge is -2.08. The van der Waals surface area contributed by atoms with E-state index in [-0.39, 0.29) is 28.2 Å². The van der Waals surface area contributed by atoms with Gasteiger partial charge in [-0.05, 0) is 34.0 Å². The molecule has 1 aromatic carbocycles. The molecule has 0 aliphatic carbocycles. The second-order valence-corrected chi connectivity index (χ2v) is 7.48. The molecular weight excluding hydrogens is 323 g/mol. The summed E-state index contributed by atoms with van der Waals surface area (Å²) in [4.78, 5) is 12.0. The molecule has 1 saturated heterocycles. The summed E-state index contributed by atoms with van der Waals surface area (Å²) in [6.45, 7) is 0. The number of carbonyl (C=O) groups is 1. The zero-order valence-corrected chi connectivity index (χ0v) is 11.9. The predicted molar refractivity (Wildman–Crippen MR) is 69.6 cm³/mol. The van der Waals surface area contributed by atoms with Crippen LogP contribution in [0, 0.1) is 11.7 Å². The minimum absolute atomic E-state index is 0.0680. The van der Waals surface area contributed by atoms with E-state index in [1.54, 1.807) is 6.07 Å². The largest absolute Gasteiger partial charge is 0.299 e. The number of rotatable bonds is 3. The van der Waals surface area contributed by atoms with Gasteiger partial charge in [-0.1, -0.05) is 12.1 Å². The Labute approximate surface area is 113 Å². The number of ketones is 1. The van der Waals surface area contributed by atoms with E-state index in [2.05, 4.69) is 15.9 Å². The first kappa shape index (κ1) is 13.7. The number of hydrogen-bond donors (Lipinski definition) is 0. The molecule has 1 unspecified atom stereocenters. The maximum absolute atomic E-state index is 13.3. The van der Waals surface area contributed by atoms with E-state index in [1.807, 2.05) is 0 Å². The second-order valence-electron chi connectivity index (χ2n) is 4.46. The monoisotopic (exact) mass is 334 g/mol. The van der Waals surface area contributed by atoms with Crippen molar-refractivity contribution in [2.24, 2.45) is 5.92 Å². The van der Waals surface area contributed by atoms with Gasteiger partial charge in [-0.3, -0.25) is 4.79 Å². The minimum Gasteiger partial charge on any atom is -0.299 e. The van der Waals surface area contributed by atoms with Gasteiger partial charge in [-0.15, -0.1) is 0 Å². The van der Waals surface area contributed by atoms with Gasteiger partial charge in [-0.2, -0.15) is 0 Å². The number of halogens is 2. The zero-order valence-electron chi connectivity index (χ0n) is 9.53. The van der Waals surface area contributed by atoms with Gasteiger partial charge in [0.25, 0.3) is 0 Å². The number of sulfone groups is 1. The standard InChI is InChI=1S/C12H12BrFO3S/c13-12-8(2-1-3-10(12)14)6-11(15)9-4-5-18(16,17)7-9/h1-3,9H,4-7H2. The van der Waals surface area contributed by atoms with E-state index in [4.69, 9.17) is 0 Å². The Bertz CT molecular complexity index is 583. The van der Waals surface area contributed by atoms with Crippen molar-refractivity contribution < 1.29 is 17.6 Å². The highest BCUT2D eigenvalue weighted by Crippen LogP contribution is 2.25. The van der Waals surface area contributed by atoms with Crippen LogP contribution >= 0.6 is 15.9 Å². The van der Waals surface area contributed by atoms with Crippen LogP contribution in [0.15, 0.2) is 22.7 Å². The molecule has 0 radical (unpaired) electrons. The van der Waals surface area contributed by atoms with Crippen LogP contribution in [-0.2, 0) is 21.1 Å². The van der Waals surface area contributed by atoms with Crippen LogP contribution in [0.4, 0.5) is 4.39 Å². The lowest BCUT2D eigenvalue weighted by Crippen LogP contribution is -2.18. The average molecular weight is 335 g/mol. The topological polar surface area (TPSA) is 51.2 Å². The Kier molecular flexibility index (Phi) is 3.87. The normalized spacial score (nSPS) is 22.0. The molecule has 0 saturated carbocycles. The summed E-state index contributed by atoms with van der Waals surface area (Å²) < 4.78 is 36.1. The zero-order chi connectivity index (χ0) is 13.3. The van der Waals surface area contributed by atoms with Gasteiger partial charge in [0.05, 0.1) is 16.0 Å². The van der Waals surface area contributed by atoms with Gasteiger partial charge in [0, 0.05) is 12.3 Å². The summed E-state index contributed by atoms with van der Waals surface area (Å²) >= 11 is 3.09. The first-order valence-electron chi connectivity index (χ1n) is 5.55. The van der Waals surface area contributed by atoms with Gasteiger partial charge >= 0.3 is 0 Å². The van der Waals surface area contributed by atoms with Crippen LogP contribution in [0.25, 0.3) is 0 Å². The van der Waals surface area contributed by atoms with Gasteiger partial charge in [-0.25, -0.2) is 12.8 Å². The summed E-state index contributed by atoms with van der Waals surface area (Å²) in [5.41, 5.74) is 0.560. The highest BCUT2D eigenvalue weighted by molar-refractivity contribution is 9.10. The summed E-state index contributed by atoms with van der Waals surface area (Å²) in [5, 5.41) is 0. The van der Waals surface area contributed by atoms with Crippen molar-refractivity contribution in [1.82, 2.24) is 0 Å². The maximum atomic E-state index is 13.3.